The second-order valence-electron chi connectivity index (χ2n) is 4.30. The molecule has 0 saturated carbocycles. The van der Waals surface area contributed by atoms with Gasteiger partial charge in [0.25, 0.3) is 0 Å². The lowest BCUT2D eigenvalue weighted by Gasteiger charge is -2.12. The highest BCUT2D eigenvalue weighted by atomic mass is 16.6. The lowest BCUT2D eigenvalue weighted by Crippen LogP contribution is -2.34. The molecule has 3 N–H and O–H groups in total. The number of carbonyl (C=O) groups excluding carboxylic acids is 1. The molecule has 1 aromatic carbocycles. The maximum absolute atomic E-state index is 11.5. The number of hydrogen-bond acceptors (Lipinski definition) is 6. The minimum Gasteiger partial charge on any atom is -0.502 e. The van der Waals surface area contributed by atoms with Gasteiger partial charge in [0.1, 0.15) is 6.04 Å². The number of phenols is 1. The summed E-state index contributed by atoms with van der Waals surface area (Å²) in [6.45, 7) is 3.70. The number of esters is 1. The Labute approximate surface area is 116 Å². The molecule has 0 saturated heterocycles. The molecule has 0 spiro atoms. The average molecular weight is 282 g/mol. The first-order chi connectivity index (χ1) is 9.40. The molecule has 0 aliphatic rings. The van der Waals surface area contributed by atoms with Crippen LogP contribution in [0.25, 0.3) is 0 Å². The summed E-state index contributed by atoms with van der Waals surface area (Å²) < 4.78 is 4.77. The third-order valence-corrected chi connectivity index (χ3v) is 2.86. The zero-order valence-electron chi connectivity index (χ0n) is 11.5. The first-order valence-corrected chi connectivity index (χ1v) is 6.32. The Hall–Kier alpha value is -2.15. The maximum Gasteiger partial charge on any atom is 0.323 e. The number of rotatable bonds is 6. The van der Waals surface area contributed by atoms with E-state index in [-0.39, 0.29) is 24.3 Å². The molecule has 0 aliphatic carbocycles. The van der Waals surface area contributed by atoms with Crippen molar-refractivity contribution in [2.24, 2.45) is 5.73 Å². The third kappa shape index (κ3) is 3.67. The summed E-state index contributed by atoms with van der Waals surface area (Å²) in [6.07, 6.45) is 0.558. The minimum absolute atomic E-state index is 0.0145. The van der Waals surface area contributed by atoms with Crippen molar-refractivity contribution in [3.63, 3.8) is 0 Å². The van der Waals surface area contributed by atoms with Gasteiger partial charge in [-0.2, -0.15) is 0 Å². The molecule has 0 amide bonds. The van der Waals surface area contributed by atoms with Gasteiger partial charge in [0.15, 0.2) is 5.75 Å². The van der Waals surface area contributed by atoms with E-state index in [0.29, 0.717) is 12.0 Å². The monoisotopic (exact) mass is 282 g/mol. The van der Waals surface area contributed by atoms with Crippen LogP contribution in [-0.4, -0.2) is 28.6 Å². The van der Waals surface area contributed by atoms with E-state index in [1.807, 2.05) is 6.92 Å². The first-order valence-electron chi connectivity index (χ1n) is 6.32. The average Bonchev–Trinajstić information content (AvgIpc) is 2.40. The normalized spacial score (nSPS) is 11.9. The zero-order valence-corrected chi connectivity index (χ0v) is 11.5. The molecule has 0 radical (unpaired) electrons. The Morgan fingerprint density at radius 3 is 2.65 bits per heavy atom. The quantitative estimate of drug-likeness (QED) is 0.461. The molecule has 0 bridgehead atoms. The van der Waals surface area contributed by atoms with E-state index in [4.69, 9.17) is 10.5 Å². The highest BCUT2D eigenvalue weighted by molar-refractivity contribution is 5.76. The molecule has 1 rings (SSSR count). The Morgan fingerprint density at radius 1 is 1.50 bits per heavy atom. The fourth-order valence-corrected chi connectivity index (χ4v) is 1.81. The number of carbonyl (C=O) groups is 1. The molecular weight excluding hydrogens is 264 g/mol. The standard InChI is InChI=1S/C13H18N2O5/c1-3-8-5-9(7-10(14)13(17)20-4-2)12(16)11(6-8)15(18)19/h5-6,10,16H,3-4,7,14H2,1-2H3. The summed E-state index contributed by atoms with van der Waals surface area (Å²) in [5, 5.41) is 20.8. The maximum atomic E-state index is 11.5. The smallest absolute Gasteiger partial charge is 0.323 e. The van der Waals surface area contributed by atoms with Crippen LogP contribution in [0.1, 0.15) is 25.0 Å². The number of aromatic hydroxyl groups is 1. The molecule has 0 fully saturated rings. The Morgan fingerprint density at radius 2 is 2.15 bits per heavy atom. The predicted octanol–water partition coefficient (Wildman–Crippen LogP) is 1.30. The van der Waals surface area contributed by atoms with Crippen LogP contribution in [0, 0.1) is 10.1 Å². The van der Waals surface area contributed by atoms with Gasteiger partial charge in [0, 0.05) is 18.1 Å². The summed E-state index contributed by atoms with van der Waals surface area (Å²) in [4.78, 5) is 21.7. The van der Waals surface area contributed by atoms with E-state index in [1.165, 1.54) is 6.07 Å². The fraction of sp³-hybridized carbons (Fsp3) is 0.462. The van der Waals surface area contributed by atoms with Gasteiger partial charge < -0.3 is 15.6 Å². The van der Waals surface area contributed by atoms with Crippen LogP contribution in [-0.2, 0) is 22.4 Å². The number of benzene rings is 1. The van der Waals surface area contributed by atoms with E-state index >= 15 is 0 Å². The number of nitrogens with two attached hydrogens (primary N) is 1. The number of hydrogen-bond donors (Lipinski definition) is 2. The van der Waals surface area contributed by atoms with E-state index in [9.17, 15) is 20.0 Å². The Kier molecular flexibility index (Phi) is 5.45. The van der Waals surface area contributed by atoms with Gasteiger partial charge in [-0.25, -0.2) is 0 Å². The molecule has 7 nitrogen and oxygen atoms in total. The third-order valence-electron chi connectivity index (χ3n) is 2.86. The van der Waals surface area contributed by atoms with E-state index < -0.39 is 22.7 Å². The van der Waals surface area contributed by atoms with Crippen molar-refractivity contribution in [1.29, 1.82) is 0 Å². The van der Waals surface area contributed by atoms with E-state index in [0.717, 1.165) is 0 Å². The fourth-order valence-electron chi connectivity index (χ4n) is 1.81. The van der Waals surface area contributed by atoms with Crippen molar-refractivity contribution in [2.45, 2.75) is 32.7 Å². The van der Waals surface area contributed by atoms with Crippen molar-refractivity contribution in [3.05, 3.63) is 33.4 Å². The molecule has 110 valence electrons. The van der Waals surface area contributed by atoms with Crippen LogP contribution in [0.15, 0.2) is 12.1 Å². The first kappa shape index (κ1) is 15.9. The van der Waals surface area contributed by atoms with Crippen LogP contribution in [0.2, 0.25) is 0 Å². The van der Waals surface area contributed by atoms with Crippen molar-refractivity contribution in [2.75, 3.05) is 6.61 Å². The molecule has 1 atom stereocenters. The molecule has 0 heterocycles. The molecule has 0 aromatic heterocycles. The van der Waals surface area contributed by atoms with Gasteiger partial charge in [0.2, 0.25) is 0 Å². The summed E-state index contributed by atoms with van der Waals surface area (Å²) in [7, 11) is 0. The van der Waals surface area contributed by atoms with Crippen molar-refractivity contribution < 1.29 is 19.6 Å². The number of nitro groups is 1. The van der Waals surface area contributed by atoms with E-state index in [2.05, 4.69) is 0 Å². The highest BCUT2D eigenvalue weighted by Crippen LogP contribution is 2.32. The Bertz CT molecular complexity index is 516. The number of nitro benzene ring substituents is 1. The Balaban J connectivity index is 3.08. The van der Waals surface area contributed by atoms with Crippen molar-refractivity contribution in [1.82, 2.24) is 0 Å². The second kappa shape index (κ2) is 6.85. The summed E-state index contributed by atoms with van der Waals surface area (Å²) in [5.74, 6) is -1.05. The zero-order chi connectivity index (χ0) is 15.3. The SMILES string of the molecule is CCOC(=O)C(N)Cc1cc(CC)cc([N+](=O)[O-])c1O. The van der Waals surface area contributed by atoms with E-state index in [1.54, 1.807) is 13.0 Å². The van der Waals surface area contributed by atoms with Gasteiger partial charge >= 0.3 is 11.7 Å². The number of nitrogens with zero attached hydrogens (tertiary/aromatic N) is 1. The van der Waals surface area contributed by atoms with Gasteiger partial charge in [0.05, 0.1) is 11.5 Å². The van der Waals surface area contributed by atoms with Crippen LogP contribution in [0.5, 0.6) is 5.75 Å². The molecular formula is C13H18N2O5. The van der Waals surface area contributed by atoms with Crippen molar-refractivity contribution in [3.8, 4) is 5.75 Å². The summed E-state index contributed by atoms with van der Waals surface area (Å²) >= 11 is 0. The molecule has 20 heavy (non-hydrogen) atoms. The summed E-state index contributed by atoms with van der Waals surface area (Å²) in [6, 6.07) is 1.96. The lowest BCUT2D eigenvalue weighted by atomic mass is 10.0. The molecule has 1 unspecified atom stereocenters. The van der Waals surface area contributed by atoms with Crippen LogP contribution in [0.4, 0.5) is 5.69 Å². The molecule has 1 aromatic rings. The van der Waals surface area contributed by atoms with Gasteiger partial charge in [-0.1, -0.05) is 13.0 Å². The molecule has 7 heteroatoms. The number of ether oxygens (including phenoxy) is 1. The topological polar surface area (TPSA) is 116 Å². The van der Waals surface area contributed by atoms with Crippen LogP contribution in [0.3, 0.4) is 0 Å². The summed E-state index contributed by atoms with van der Waals surface area (Å²) in [5.41, 5.74) is 6.26. The van der Waals surface area contributed by atoms with Gasteiger partial charge in [-0.15, -0.1) is 0 Å². The highest BCUT2D eigenvalue weighted by Gasteiger charge is 2.23. The van der Waals surface area contributed by atoms with Gasteiger partial charge in [-0.05, 0) is 18.9 Å². The minimum atomic E-state index is -0.965. The van der Waals surface area contributed by atoms with Crippen LogP contribution < -0.4 is 5.73 Å². The lowest BCUT2D eigenvalue weighted by molar-refractivity contribution is -0.386. The largest absolute Gasteiger partial charge is 0.502 e. The second-order valence-corrected chi connectivity index (χ2v) is 4.30. The molecule has 0 aliphatic heterocycles. The van der Waals surface area contributed by atoms with Crippen LogP contribution >= 0.6 is 0 Å². The predicted molar refractivity (Wildman–Crippen MR) is 72.5 cm³/mol. The van der Waals surface area contributed by atoms with Crippen molar-refractivity contribution >= 4 is 11.7 Å². The number of aryl methyl sites for hydroxylation is 1. The number of phenolic OH excluding ortho intramolecular Hbond substituents is 1. The van der Waals surface area contributed by atoms with Gasteiger partial charge in [-0.3, -0.25) is 14.9 Å².